The Morgan fingerprint density at radius 3 is 1.59 bits per heavy atom. The summed E-state index contributed by atoms with van der Waals surface area (Å²) < 4.78 is 36.6. The van der Waals surface area contributed by atoms with Crippen molar-refractivity contribution in [1.29, 1.82) is 0 Å². The number of Topliss-reactive ketones (excluding diaryl/α,β-unsaturated/α-hetero) is 1. The molecule has 0 aliphatic carbocycles. The van der Waals surface area contributed by atoms with Crippen LogP contribution >= 0.6 is 0 Å². The molecule has 2 aromatic carbocycles. The van der Waals surface area contributed by atoms with Gasteiger partial charge in [0.05, 0.1) is 85.7 Å². The summed E-state index contributed by atoms with van der Waals surface area (Å²) in [5.74, 6) is -2.78. The van der Waals surface area contributed by atoms with Gasteiger partial charge in [0, 0.05) is 74.2 Å². The second-order valence-corrected chi connectivity index (χ2v) is 18.1. The fourth-order valence-corrected chi connectivity index (χ4v) is 7.78. The highest BCUT2D eigenvalue weighted by atomic mass is 16.6. The number of nitrogen functional groups attached to an aromatic ring is 1. The maximum absolute atomic E-state index is 12.9. The van der Waals surface area contributed by atoms with Gasteiger partial charge >= 0.3 is 12.1 Å². The highest BCUT2D eigenvalue weighted by Crippen LogP contribution is 2.32. The lowest BCUT2D eigenvalue weighted by molar-refractivity contribution is -0.139. The number of nitrogens with one attached hydrogen (secondary N) is 3. The number of amides is 7. The third-order valence-corrected chi connectivity index (χ3v) is 11.3. The third-order valence-electron chi connectivity index (χ3n) is 11.3. The quantitative estimate of drug-likeness (QED) is 0.0413. The van der Waals surface area contributed by atoms with Crippen molar-refractivity contribution in [3.05, 3.63) is 64.2 Å². The molecule has 2 aromatic rings. The number of hydrogen-bond acceptors (Lipinski definition) is 18. The molecular formula is C50H71N7O17. The molecule has 0 radical (unpaired) electrons. The van der Waals surface area contributed by atoms with Crippen LogP contribution in [0.25, 0.3) is 0 Å². The highest BCUT2D eigenvalue weighted by Gasteiger charge is 2.41. The van der Waals surface area contributed by atoms with Crippen molar-refractivity contribution in [1.82, 2.24) is 25.8 Å². The van der Waals surface area contributed by atoms with Crippen LogP contribution in [0.1, 0.15) is 96.7 Å². The van der Waals surface area contributed by atoms with Crippen LogP contribution in [0.3, 0.4) is 0 Å². The van der Waals surface area contributed by atoms with Gasteiger partial charge in [0.25, 0.3) is 11.8 Å². The molecule has 4 heterocycles. The second kappa shape index (κ2) is 31.4. The van der Waals surface area contributed by atoms with E-state index in [-0.39, 0.29) is 74.7 Å². The van der Waals surface area contributed by atoms with E-state index < -0.39 is 41.6 Å². The summed E-state index contributed by atoms with van der Waals surface area (Å²) in [6.07, 6.45) is 1.11. The fourth-order valence-electron chi connectivity index (χ4n) is 7.78. The molecule has 24 nitrogen and oxygen atoms in total. The van der Waals surface area contributed by atoms with Crippen LogP contribution < -0.4 is 27.4 Å². The van der Waals surface area contributed by atoms with Gasteiger partial charge in [-0.1, -0.05) is 18.2 Å². The van der Waals surface area contributed by atoms with E-state index in [0.29, 0.717) is 122 Å². The van der Waals surface area contributed by atoms with Crippen molar-refractivity contribution in [3.63, 3.8) is 0 Å². The summed E-state index contributed by atoms with van der Waals surface area (Å²) in [6, 6.07) is 9.20. The van der Waals surface area contributed by atoms with Gasteiger partial charge in [0.15, 0.2) is 0 Å². The number of nitrogens with zero attached hydrogens (tertiary/aromatic N) is 2. The first-order valence-corrected chi connectivity index (χ1v) is 24.5. The molecule has 2 fully saturated rings. The number of carbonyl (C=O) groups excluding carboxylic acids is 8. The standard InChI is InChI=1S/C23H31N3O7.C14H27NO7.C13H13N3O3/c24-7-9-32-11-13-33-12-10-31-8-6-17(27)14-16-2-1-3-18-19(16)15-26(23(18)30)20-4-5-21(28)25-22(20)29;1-14(2,3)22-13(18)15-5-7-20-9-11-21-10-8-19-6-4-12(16)17;14-9-3-1-2-7-8(9)6-16(13(7)19)10-4-5-11(17)15-12(10)18/h1-3,20H,4-15,24H2,(H,25,28,29);4-11H2,1-3H3,(H,15,18)(H,16,17);1-3,10H,4-6,14H2,(H,15,17,18). The van der Waals surface area contributed by atoms with Crippen molar-refractivity contribution in [2.75, 3.05) is 98.1 Å². The van der Waals surface area contributed by atoms with Gasteiger partial charge in [-0.15, -0.1) is 0 Å². The molecule has 0 aromatic heterocycles. The summed E-state index contributed by atoms with van der Waals surface area (Å²) in [6.45, 7) is 11.5. The van der Waals surface area contributed by atoms with Crippen molar-refractivity contribution in [2.24, 2.45) is 5.73 Å². The molecule has 2 unspecified atom stereocenters. The summed E-state index contributed by atoms with van der Waals surface area (Å²) in [7, 11) is 0. The first kappa shape index (κ1) is 60.1. The van der Waals surface area contributed by atoms with Crippen LogP contribution in [0.5, 0.6) is 0 Å². The number of anilines is 1. The number of carboxylic acid groups (broad SMARTS) is 1. The number of rotatable bonds is 27. The van der Waals surface area contributed by atoms with E-state index in [1.54, 1.807) is 51.1 Å². The van der Waals surface area contributed by atoms with Crippen LogP contribution in [0.15, 0.2) is 36.4 Å². The molecular weight excluding hydrogens is 971 g/mol. The topological polar surface area (TPSA) is 333 Å². The van der Waals surface area contributed by atoms with Gasteiger partial charge in [0.2, 0.25) is 23.6 Å². The average Bonchev–Trinajstić information content (AvgIpc) is 3.86. The van der Waals surface area contributed by atoms with Crippen LogP contribution in [0.4, 0.5) is 10.5 Å². The Morgan fingerprint density at radius 2 is 1.11 bits per heavy atom. The first-order chi connectivity index (χ1) is 35.4. The number of ether oxygens (including phenoxy) is 7. The van der Waals surface area contributed by atoms with Crippen LogP contribution in [0, 0.1) is 0 Å². The zero-order valence-electron chi connectivity index (χ0n) is 42.4. The maximum Gasteiger partial charge on any atom is 0.407 e. The lowest BCUT2D eigenvalue weighted by atomic mass is 9.98. The number of aliphatic carboxylic acids is 1. The first-order valence-electron chi connectivity index (χ1n) is 24.5. The number of imide groups is 2. The van der Waals surface area contributed by atoms with Gasteiger partial charge in [-0.05, 0) is 62.9 Å². The third kappa shape index (κ3) is 20.5. The zero-order chi connectivity index (χ0) is 54.0. The molecule has 7 amide bonds. The molecule has 8 N–H and O–H groups in total. The summed E-state index contributed by atoms with van der Waals surface area (Å²) in [5.41, 5.74) is 14.6. The number of carboxylic acids is 1. The Kier molecular flexibility index (Phi) is 25.5. The Hall–Kier alpha value is -6.41. The van der Waals surface area contributed by atoms with Crippen LogP contribution in [-0.2, 0) is 81.4 Å². The number of piperidine rings is 2. The van der Waals surface area contributed by atoms with Crippen LogP contribution in [0.2, 0.25) is 0 Å². The lowest BCUT2D eigenvalue weighted by Crippen LogP contribution is -2.52. The van der Waals surface area contributed by atoms with E-state index in [4.69, 9.17) is 49.7 Å². The molecule has 74 heavy (non-hydrogen) atoms. The highest BCUT2D eigenvalue weighted by molar-refractivity contribution is 6.07. The molecule has 4 aliphatic rings. The van der Waals surface area contributed by atoms with E-state index in [1.165, 1.54) is 9.80 Å². The minimum absolute atomic E-state index is 0.00593. The van der Waals surface area contributed by atoms with Gasteiger partial charge in [-0.25, -0.2) is 4.79 Å². The van der Waals surface area contributed by atoms with Crippen molar-refractivity contribution >= 4 is 59.0 Å². The van der Waals surface area contributed by atoms with E-state index >= 15 is 0 Å². The number of benzene rings is 2. The van der Waals surface area contributed by atoms with E-state index in [9.17, 15) is 43.2 Å². The van der Waals surface area contributed by atoms with Gasteiger partial charge in [-0.2, -0.15) is 0 Å². The molecule has 0 bridgehead atoms. The van der Waals surface area contributed by atoms with Gasteiger partial charge < -0.3 is 64.8 Å². The van der Waals surface area contributed by atoms with E-state index in [0.717, 1.165) is 16.7 Å². The van der Waals surface area contributed by atoms with E-state index in [1.807, 2.05) is 6.07 Å². The Bertz CT molecular complexity index is 2250. The number of fused-ring (bicyclic) bond motifs is 2. The van der Waals surface area contributed by atoms with E-state index in [2.05, 4.69) is 16.0 Å². The molecule has 2 saturated heterocycles. The molecule has 408 valence electrons. The normalized spacial score (nSPS) is 17.1. The molecule has 6 rings (SSSR count). The Balaban J connectivity index is 0.000000252. The molecule has 2 atom stereocenters. The molecule has 24 heteroatoms. The number of ketones is 1. The smallest absolute Gasteiger partial charge is 0.407 e. The number of alkyl carbamates (subject to hydrolysis) is 1. The van der Waals surface area contributed by atoms with Gasteiger partial charge in [-0.3, -0.25) is 49.0 Å². The largest absolute Gasteiger partial charge is 0.481 e. The molecule has 0 spiro atoms. The Morgan fingerprint density at radius 1 is 0.649 bits per heavy atom. The predicted molar refractivity (Wildman–Crippen MR) is 263 cm³/mol. The second-order valence-electron chi connectivity index (χ2n) is 18.1. The average molecular weight is 1040 g/mol. The predicted octanol–water partition coefficient (Wildman–Crippen LogP) is 1.02. The summed E-state index contributed by atoms with van der Waals surface area (Å²) in [5, 5.41) is 15.5. The fraction of sp³-hybridized carbons (Fsp3) is 0.580. The Labute approximate surface area is 429 Å². The van der Waals surface area contributed by atoms with Crippen molar-refractivity contribution in [2.45, 2.75) is 96.5 Å². The monoisotopic (exact) mass is 1040 g/mol. The summed E-state index contributed by atoms with van der Waals surface area (Å²) >= 11 is 0. The van der Waals surface area contributed by atoms with Crippen LogP contribution in [-0.4, -0.2) is 178 Å². The minimum atomic E-state index is -0.880. The van der Waals surface area contributed by atoms with Crippen molar-refractivity contribution in [3.8, 4) is 0 Å². The molecule has 0 saturated carbocycles. The number of hydrogen-bond donors (Lipinski definition) is 6. The molecule has 4 aliphatic heterocycles. The van der Waals surface area contributed by atoms with Crippen molar-refractivity contribution < 1.29 is 81.4 Å². The zero-order valence-corrected chi connectivity index (χ0v) is 42.4. The number of nitrogens with two attached hydrogens (primary N) is 2. The summed E-state index contributed by atoms with van der Waals surface area (Å²) in [4.78, 5) is 109. The lowest BCUT2D eigenvalue weighted by Gasteiger charge is -2.29. The number of carbonyl (C=O) groups is 9. The SMILES string of the molecule is CC(C)(C)OC(=O)NCCOCCOCCOCCC(=O)O.NCCOCCOCCOCCC(=O)Cc1cccc2c1CN(C1CCC(=O)NC1=O)C2=O.Nc1cccc2c1CN(C1CCC(=O)NC1=O)C2=O. The van der Waals surface area contributed by atoms with Gasteiger partial charge in [0.1, 0.15) is 23.5 Å². The maximum atomic E-state index is 12.9. The minimum Gasteiger partial charge on any atom is -0.481 e.